The Kier molecular flexibility index (Phi) is 7.13. The molecule has 1 saturated heterocycles. The molecular formula is C26H33FN6O2. The van der Waals surface area contributed by atoms with Crippen LogP contribution in [0.4, 0.5) is 10.1 Å². The molecule has 1 aliphatic carbocycles. The van der Waals surface area contributed by atoms with Crippen LogP contribution >= 0.6 is 0 Å². The van der Waals surface area contributed by atoms with Crippen LogP contribution in [0.1, 0.15) is 55.6 Å². The number of hydrogen-bond acceptors (Lipinski definition) is 7. The van der Waals surface area contributed by atoms with Crippen LogP contribution in [0.3, 0.4) is 0 Å². The molecule has 2 fully saturated rings. The second-order valence-electron chi connectivity index (χ2n) is 9.26. The topological polar surface area (TPSA) is 68.5 Å². The van der Waals surface area contributed by atoms with E-state index in [1.165, 1.54) is 25.3 Å². The second-order valence-corrected chi connectivity index (χ2v) is 9.26. The van der Waals surface area contributed by atoms with Crippen molar-refractivity contribution in [2.75, 3.05) is 45.3 Å². The van der Waals surface area contributed by atoms with Crippen molar-refractivity contribution in [2.45, 2.75) is 44.2 Å². The molecule has 1 atom stereocenters. The van der Waals surface area contributed by atoms with Crippen molar-refractivity contribution >= 4 is 5.69 Å². The fourth-order valence-electron chi connectivity index (χ4n) is 5.45. The molecule has 0 unspecified atom stereocenters. The van der Waals surface area contributed by atoms with Gasteiger partial charge in [0, 0.05) is 31.7 Å². The molecule has 1 aliphatic heterocycles. The van der Waals surface area contributed by atoms with Crippen LogP contribution in [-0.2, 0) is 0 Å². The molecule has 186 valence electrons. The molecule has 0 bridgehead atoms. The first-order valence-electron chi connectivity index (χ1n) is 12.4. The SMILES string of the molecule is COc1ccc(OC)c([C@H](c2nnnn2C2CCCCC2)N2CCN(c3ccccc3F)CC2)c1. The molecule has 2 aliphatic rings. The minimum Gasteiger partial charge on any atom is -0.497 e. The Morgan fingerprint density at radius 1 is 0.943 bits per heavy atom. The standard InChI is InChI=1S/C26H33FN6O2/c1-34-20-12-13-24(35-2)21(18-20)25(26-28-29-30-33(26)19-8-4-3-5-9-19)32-16-14-31(15-17-32)23-11-7-6-10-22(23)27/h6-7,10-13,18-19,25H,3-5,8-9,14-17H2,1-2H3/t25-/m1/s1. The van der Waals surface area contributed by atoms with Crippen molar-refractivity contribution in [3.8, 4) is 11.5 Å². The van der Waals surface area contributed by atoms with Crippen LogP contribution in [0, 0.1) is 5.82 Å². The molecule has 1 aromatic heterocycles. The van der Waals surface area contributed by atoms with E-state index in [2.05, 4.69) is 25.3 Å². The smallest absolute Gasteiger partial charge is 0.173 e. The maximum Gasteiger partial charge on any atom is 0.173 e. The van der Waals surface area contributed by atoms with Crippen LogP contribution in [0.15, 0.2) is 42.5 Å². The predicted octanol–water partition coefficient (Wildman–Crippen LogP) is 4.25. The normalized spacial score (nSPS) is 18.4. The van der Waals surface area contributed by atoms with Crippen molar-refractivity contribution in [3.63, 3.8) is 0 Å². The number of aromatic nitrogens is 4. The van der Waals surface area contributed by atoms with Gasteiger partial charge in [0.15, 0.2) is 5.82 Å². The van der Waals surface area contributed by atoms with Gasteiger partial charge in [-0.3, -0.25) is 4.90 Å². The lowest BCUT2D eigenvalue weighted by Crippen LogP contribution is -2.48. The van der Waals surface area contributed by atoms with E-state index in [9.17, 15) is 4.39 Å². The predicted molar refractivity (Wildman–Crippen MR) is 132 cm³/mol. The average Bonchev–Trinajstić information content (AvgIpc) is 3.39. The number of piperazine rings is 1. The Hall–Kier alpha value is -3.20. The van der Waals surface area contributed by atoms with E-state index in [0.717, 1.165) is 48.8 Å². The molecule has 9 heteroatoms. The van der Waals surface area contributed by atoms with E-state index < -0.39 is 0 Å². The van der Waals surface area contributed by atoms with Gasteiger partial charge < -0.3 is 14.4 Å². The Morgan fingerprint density at radius 2 is 1.71 bits per heavy atom. The maximum absolute atomic E-state index is 14.4. The summed E-state index contributed by atoms with van der Waals surface area (Å²) in [6.45, 7) is 2.87. The number of halogens is 1. The Bertz CT molecular complexity index is 1120. The molecule has 0 radical (unpaired) electrons. The summed E-state index contributed by atoms with van der Waals surface area (Å²) in [6, 6.07) is 12.9. The first-order valence-corrected chi connectivity index (χ1v) is 12.4. The van der Waals surface area contributed by atoms with Crippen LogP contribution in [0.25, 0.3) is 0 Å². The highest BCUT2D eigenvalue weighted by atomic mass is 19.1. The third-order valence-electron chi connectivity index (χ3n) is 7.29. The summed E-state index contributed by atoms with van der Waals surface area (Å²) in [5.41, 5.74) is 1.62. The summed E-state index contributed by atoms with van der Waals surface area (Å²) >= 11 is 0. The van der Waals surface area contributed by atoms with Gasteiger partial charge in [-0.2, -0.15) is 0 Å². The average molecular weight is 481 g/mol. The lowest BCUT2D eigenvalue weighted by atomic mass is 9.94. The molecule has 2 aromatic carbocycles. The molecule has 2 heterocycles. The molecule has 5 rings (SSSR count). The first-order chi connectivity index (χ1) is 17.2. The molecule has 8 nitrogen and oxygen atoms in total. The first kappa shape index (κ1) is 23.5. The lowest BCUT2D eigenvalue weighted by Gasteiger charge is -2.40. The number of anilines is 1. The maximum atomic E-state index is 14.4. The second kappa shape index (κ2) is 10.6. The number of benzene rings is 2. The number of rotatable bonds is 7. The molecular weight excluding hydrogens is 447 g/mol. The van der Waals surface area contributed by atoms with Gasteiger partial charge in [0.1, 0.15) is 23.4 Å². The molecule has 3 aromatic rings. The minimum atomic E-state index is -0.209. The Morgan fingerprint density at radius 3 is 2.43 bits per heavy atom. The van der Waals surface area contributed by atoms with Gasteiger partial charge in [-0.15, -0.1) is 5.10 Å². The van der Waals surface area contributed by atoms with E-state index >= 15 is 0 Å². The Balaban J connectivity index is 1.50. The number of methoxy groups -OCH3 is 2. The number of hydrogen-bond donors (Lipinski definition) is 0. The van der Waals surface area contributed by atoms with Gasteiger partial charge in [0.25, 0.3) is 0 Å². The third-order valence-corrected chi connectivity index (χ3v) is 7.29. The van der Waals surface area contributed by atoms with Gasteiger partial charge >= 0.3 is 0 Å². The molecule has 0 amide bonds. The number of tetrazole rings is 1. The molecule has 0 spiro atoms. The van der Waals surface area contributed by atoms with Crippen LogP contribution in [-0.4, -0.2) is 65.5 Å². The molecule has 1 saturated carbocycles. The van der Waals surface area contributed by atoms with Crippen LogP contribution < -0.4 is 14.4 Å². The summed E-state index contributed by atoms with van der Waals surface area (Å²) in [7, 11) is 3.35. The highest BCUT2D eigenvalue weighted by Crippen LogP contribution is 2.39. The molecule has 0 N–H and O–H groups in total. The van der Waals surface area contributed by atoms with Gasteiger partial charge in [-0.25, -0.2) is 9.07 Å². The van der Waals surface area contributed by atoms with Gasteiger partial charge in [0.05, 0.1) is 25.9 Å². The van der Waals surface area contributed by atoms with Gasteiger partial charge in [-0.1, -0.05) is 31.4 Å². The zero-order valence-electron chi connectivity index (χ0n) is 20.4. The summed E-state index contributed by atoms with van der Waals surface area (Å²) in [6.07, 6.45) is 5.82. The minimum absolute atomic E-state index is 0.187. The highest BCUT2D eigenvalue weighted by molar-refractivity contribution is 5.48. The molecule has 35 heavy (non-hydrogen) atoms. The summed E-state index contributed by atoms with van der Waals surface area (Å²) in [5, 5.41) is 13.1. The Labute approximate surface area is 205 Å². The van der Waals surface area contributed by atoms with Gasteiger partial charge in [0.2, 0.25) is 0 Å². The summed E-state index contributed by atoms with van der Waals surface area (Å²) in [4.78, 5) is 4.48. The van der Waals surface area contributed by atoms with E-state index in [0.29, 0.717) is 24.8 Å². The van der Waals surface area contributed by atoms with E-state index in [1.54, 1.807) is 20.3 Å². The monoisotopic (exact) mass is 480 g/mol. The number of para-hydroxylation sites is 1. The fourth-order valence-corrected chi connectivity index (χ4v) is 5.45. The highest BCUT2D eigenvalue weighted by Gasteiger charge is 2.35. The summed E-state index contributed by atoms with van der Waals surface area (Å²) < 4.78 is 27.8. The largest absolute Gasteiger partial charge is 0.497 e. The van der Waals surface area contributed by atoms with Crippen molar-refractivity contribution in [3.05, 3.63) is 59.7 Å². The fraction of sp³-hybridized carbons (Fsp3) is 0.500. The van der Waals surface area contributed by atoms with E-state index in [4.69, 9.17) is 9.47 Å². The zero-order chi connectivity index (χ0) is 24.2. The van der Waals surface area contributed by atoms with E-state index in [1.807, 2.05) is 35.0 Å². The van der Waals surface area contributed by atoms with Crippen molar-refractivity contribution in [2.24, 2.45) is 0 Å². The van der Waals surface area contributed by atoms with Crippen LogP contribution in [0.2, 0.25) is 0 Å². The van der Waals surface area contributed by atoms with Gasteiger partial charge in [-0.05, 0) is 53.6 Å². The third kappa shape index (κ3) is 4.82. The van der Waals surface area contributed by atoms with Crippen molar-refractivity contribution in [1.29, 1.82) is 0 Å². The lowest BCUT2D eigenvalue weighted by molar-refractivity contribution is 0.190. The quantitative estimate of drug-likeness (QED) is 0.501. The van der Waals surface area contributed by atoms with Crippen molar-refractivity contribution in [1.82, 2.24) is 25.1 Å². The zero-order valence-corrected chi connectivity index (χ0v) is 20.4. The van der Waals surface area contributed by atoms with Crippen LogP contribution in [0.5, 0.6) is 11.5 Å². The number of ether oxygens (including phenoxy) is 2. The number of nitrogens with zero attached hydrogens (tertiary/aromatic N) is 6. The van der Waals surface area contributed by atoms with Crippen molar-refractivity contribution < 1.29 is 13.9 Å². The summed E-state index contributed by atoms with van der Waals surface area (Å²) in [5.74, 6) is 2.16. The van der Waals surface area contributed by atoms with E-state index in [-0.39, 0.29) is 11.9 Å².